The number of anilines is 1. The van der Waals surface area contributed by atoms with Gasteiger partial charge in [0.2, 0.25) is 0 Å². The summed E-state index contributed by atoms with van der Waals surface area (Å²) in [6, 6.07) is 24.4. The fourth-order valence-corrected chi connectivity index (χ4v) is 4.06. The number of aromatic nitrogens is 1. The highest BCUT2D eigenvalue weighted by molar-refractivity contribution is 8.12. The number of benzene rings is 2. The standard InChI is InChI=1S/C21H15ClN2S/c22-20(17-9-5-2-6-10-17)21-24(18-11-13-23-14-12-18)15-19(25-21)16-7-3-1-4-8-16/h1-15H/b21-20-. The van der Waals surface area contributed by atoms with Crippen LogP contribution in [0.1, 0.15) is 11.1 Å². The molecule has 1 aliphatic rings. The Morgan fingerprint density at radius 1 is 0.840 bits per heavy atom. The van der Waals surface area contributed by atoms with Gasteiger partial charge in [0.05, 0.1) is 5.03 Å². The normalized spacial score (nSPS) is 15.9. The molecule has 0 saturated heterocycles. The fourth-order valence-electron chi connectivity index (χ4n) is 2.65. The molecular formula is C21H15ClN2S. The van der Waals surface area contributed by atoms with E-state index in [9.17, 15) is 0 Å². The molecule has 2 aromatic carbocycles. The molecule has 0 N–H and O–H groups in total. The van der Waals surface area contributed by atoms with Crippen LogP contribution in [0.5, 0.6) is 0 Å². The van der Waals surface area contributed by atoms with Gasteiger partial charge in [-0.25, -0.2) is 0 Å². The Labute approximate surface area is 156 Å². The Bertz CT molecular complexity index is 922. The van der Waals surface area contributed by atoms with Crippen molar-refractivity contribution in [1.29, 1.82) is 0 Å². The van der Waals surface area contributed by atoms with Gasteiger partial charge < -0.3 is 4.90 Å². The zero-order chi connectivity index (χ0) is 17.1. The minimum Gasteiger partial charge on any atom is -0.309 e. The predicted molar refractivity (Wildman–Crippen MR) is 108 cm³/mol. The quantitative estimate of drug-likeness (QED) is 0.552. The largest absolute Gasteiger partial charge is 0.309 e. The first-order valence-electron chi connectivity index (χ1n) is 7.92. The average molecular weight is 363 g/mol. The minimum absolute atomic E-state index is 0.740. The third-order valence-corrected chi connectivity index (χ3v) is 5.55. The molecule has 122 valence electrons. The molecule has 0 amide bonds. The van der Waals surface area contributed by atoms with Crippen molar-refractivity contribution in [1.82, 2.24) is 4.98 Å². The van der Waals surface area contributed by atoms with Crippen LogP contribution in [0.15, 0.2) is 96.4 Å². The summed E-state index contributed by atoms with van der Waals surface area (Å²) >= 11 is 8.46. The van der Waals surface area contributed by atoms with Gasteiger partial charge in [0.15, 0.2) is 0 Å². The van der Waals surface area contributed by atoms with Crippen molar-refractivity contribution < 1.29 is 0 Å². The highest BCUT2D eigenvalue weighted by Gasteiger charge is 2.25. The number of pyridine rings is 1. The molecule has 0 spiro atoms. The number of hydrogen-bond acceptors (Lipinski definition) is 3. The van der Waals surface area contributed by atoms with Gasteiger partial charge in [-0.15, -0.1) is 0 Å². The number of halogens is 1. The second-order valence-corrected chi connectivity index (χ2v) is 6.93. The van der Waals surface area contributed by atoms with Gasteiger partial charge in [-0.1, -0.05) is 84.0 Å². The Morgan fingerprint density at radius 2 is 1.48 bits per heavy atom. The van der Waals surface area contributed by atoms with E-state index in [0.717, 1.165) is 21.3 Å². The Balaban J connectivity index is 1.81. The molecule has 0 fully saturated rings. The van der Waals surface area contributed by atoms with E-state index in [-0.39, 0.29) is 0 Å². The van der Waals surface area contributed by atoms with Crippen LogP contribution in [0.3, 0.4) is 0 Å². The molecule has 0 aliphatic carbocycles. The molecule has 0 unspecified atom stereocenters. The lowest BCUT2D eigenvalue weighted by atomic mass is 10.2. The van der Waals surface area contributed by atoms with Crippen LogP contribution in [0.25, 0.3) is 9.94 Å². The monoisotopic (exact) mass is 362 g/mol. The lowest BCUT2D eigenvalue weighted by Gasteiger charge is -2.18. The Hall–Kier alpha value is -2.49. The van der Waals surface area contributed by atoms with Gasteiger partial charge in [0, 0.05) is 29.2 Å². The van der Waals surface area contributed by atoms with Gasteiger partial charge in [0.25, 0.3) is 0 Å². The smallest absolute Gasteiger partial charge is 0.104 e. The molecule has 3 aromatic rings. The van der Waals surface area contributed by atoms with E-state index in [1.54, 1.807) is 24.2 Å². The maximum Gasteiger partial charge on any atom is 0.104 e. The third kappa shape index (κ3) is 3.34. The first-order valence-corrected chi connectivity index (χ1v) is 9.12. The summed E-state index contributed by atoms with van der Waals surface area (Å²) < 4.78 is 0. The van der Waals surface area contributed by atoms with Crippen molar-refractivity contribution in [2.75, 3.05) is 4.90 Å². The minimum atomic E-state index is 0.740. The maximum absolute atomic E-state index is 6.78. The topological polar surface area (TPSA) is 16.1 Å². The average Bonchev–Trinajstić information content (AvgIpc) is 3.15. The highest BCUT2D eigenvalue weighted by atomic mass is 35.5. The molecule has 4 heteroatoms. The number of rotatable bonds is 3. The Morgan fingerprint density at radius 3 is 2.16 bits per heavy atom. The molecule has 0 atom stereocenters. The number of hydrogen-bond donors (Lipinski definition) is 0. The van der Waals surface area contributed by atoms with E-state index < -0.39 is 0 Å². The summed E-state index contributed by atoms with van der Waals surface area (Å²) in [7, 11) is 0. The number of thioether (sulfide) groups is 1. The highest BCUT2D eigenvalue weighted by Crippen LogP contribution is 2.48. The van der Waals surface area contributed by atoms with Crippen molar-refractivity contribution in [3.63, 3.8) is 0 Å². The third-order valence-electron chi connectivity index (χ3n) is 3.89. The van der Waals surface area contributed by atoms with Crippen LogP contribution >= 0.6 is 23.4 Å². The summed E-state index contributed by atoms with van der Waals surface area (Å²) in [5.74, 6) is 0. The fraction of sp³-hybridized carbons (Fsp3) is 0. The van der Waals surface area contributed by atoms with Gasteiger partial charge in [-0.05, 0) is 23.3 Å². The molecule has 0 saturated carbocycles. The van der Waals surface area contributed by atoms with Crippen molar-refractivity contribution in [3.05, 3.63) is 108 Å². The van der Waals surface area contributed by atoms with E-state index in [2.05, 4.69) is 28.2 Å². The van der Waals surface area contributed by atoms with Crippen LogP contribution in [-0.2, 0) is 0 Å². The van der Waals surface area contributed by atoms with Crippen LogP contribution in [0.2, 0.25) is 0 Å². The van der Waals surface area contributed by atoms with Gasteiger partial charge in [-0.2, -0.15) is 0 Å². The van der Waals surface area contributed by atoms with Gasteiger partial charge in [0.1, 0.15) is 5.03 Å². The van der Waals surface area contributed by atoms with Crippen LogP contribution < -0.4 is 4.90 Å². The molecule has 25 heavy (non-hydrogen) atoms. The predicted octanol–water partition coefficient (Wildman–Crippen LogP) is 6.20. The van der Waals surface area contributed by atoms with E-state index in [0.29, 0.717) is 0 Å². The maximum atomic E-state index is 6.78. The van der Waals surface area contributed by atoms with Crippen molar-refractivity contribution >= 4 is 39.0 Å². The molecular weight excluding hydrogens is 348 g/mol. The van der Waals surface area contributed by atoms with E-state index in [1.165, 1.54) is 10.5 Å². The summed E-state index contributed by atoms with van der Waals surface area (Å²) in [4.78, 5) is 7.42. The van der Waals surface area contributed by atoms with Gasteiger partial charge >= 0.3 is 0 Å². The summed E-state index contributed by atoms with van der Waals surface area (Å²) in [5, 5.41) is 1.74. The van der Waals surface area contributed by atoms with E-state index in [4.69, 9.17) is 11.6 Å². The lowest BCUT2D eigenvalue weighted by Crippen LogP contribution is -2.10. The summed E-state index contributed by atoms with van der Waals surface area (Å²) in [5.41, 5.74) is 3.23. The number of nitrogens with zero attached hydrogens (tertiary/aromatic N) is 2. The SMILES string of the molecule is Cl/C(=C1\SC(c2ccccc2)=CN1c1ccncc1)c1ccccc1. The molecule has 4 rings (SSSR count). The molecule has 1 aliphatic heterocycles. The molecule has 0 radical (unpaired) electrons. The first kappa shape index (κ1) is 16.0. The zero-order valence-electron chi connectivity index (χ0n) is 13.3. The zero-order valence-corrected chi connectivity index (χ0v) is 14.9. The van der Waals surface area contributed by atoms with Crippen LogP contribution in [0, 0.1) is 0 Å². The van der Waals surface area contributed by atoms with Crippen LogP contribution in [-0.4, -0.2) is 4.98 Å². The molecule has 1 aromatic heterocycles. The summed E-state index contributed by atoms with van der Waals surface area (Å²) in [6.07, 6.45) is 5.72. The first-order chi connectivity index (χ1) is 12.3. The van der Waals surface area contributed by atoms with E-state index >= 15 is 0 Å². The molecule has 0 bridgehead atoms. The van der Waals surface area contributed by atoms with Crippen molar-refractivity contribution in [2.45, 2.75) is 0 Å². The van der Waals surface area contributed by atoms with Crippen LogP contribution in [0.4, 0.5) is 5.69 Å². The Kier molecular flexibility index (Phi) is 4.59. The van der Waals surface area contributed by atoms with Crippen molar-refractivity contribution in [2.24, 2.45) is 0 Å². The van der Waals surface area contributed by atoms with E-state index in [1.807, 2.05) is 60.7 Å². The molecule has 2 nitrogen and oxygen atoms in total. The second kappa shape index (κ2) is 7.18. The summed E-state index contributed by atoms with van der Waals surface area (Å²) in [6.45, 7) is 0. The molecule has 2 heterocycles. The van der Waals surface area contributed by atoms with Crippen molar-refractivity contribution in [3.8, 4) is 0 Å². The van der Waals surface area contributed by atoms with Gasteiger partial charge in [-0.3, -0.25) is 4.98 Å². The lowest BCUT2D eigenvalue weighted by molar-refractivity contribution is 1.24. The second-order valence-electron chi connectivity index (χ2n) is 5.52.